The maximum Gasteiger partial charge on any atom is 0.120 e. The van der Waals surface area contributed by atoms with Crippen LogP contribution in [0.2, 0.25) is 0 Å². The lowest BCUT2D eigenvalue weighted by Crippen LogP contribution is -2.36. The van der Waals surface area contributed by atoms with E-state index in [9.17, 15) is 0 Å². The number of aryl methyl sites for hydroxylation is 1. The maximum atomic E-state index is 5.98. The molecule has 0 bridgehead atoms. The van der Waals surface area contributed by atoms with Gasteiger partial charge in [-0.1, -0.05) is 6.92 Å². The molecule has 4 heteroatoms. The van der Waals surface area contributed by atoms with E-state index in [2.05, 4.69) is 44.1 Å². The van der Waals surface area contributed by atoms with Gasteiger partial charge in [-0.25, -0.2) is 0 Å². The normalized spacial score (nSPS) is 22.9. The number of furan rings is 1. The minimum absolute atomic E-state index is 0.321. The molecule has 0 aliphatic carbocycles. The van der Waals surface area contributed by atoms with Crippen molar-refractivity contribution in [2.45, 2.75) is 58.8 Å². The number of nitrogens with zero attached hydrogens (tertiary/aromatic N) is 1. The summed E-state index contributed by atoms with van der Waals surface area (Å²) in [5.41, 5.74) is 1.24. The van der Waals surface area contributed by atoms with Crippen LogP contribution < -0.4 is 5.32 Å². The number of likely N-dealkylation sites (N-methyl/N-ethyl adjacent to an activating group) is 1. The van der Waals surface area contributed by atoms with Gasteiger partial charge in [0.2, 0.25) is 0 Å². The van der Waals surface area contributed by atoms with Gasteiger partial charge in [0.05, 0.1) is 19.2 Å². The second kappa shape index (κ2) is 7.25. The predicted octanol–water partition coefficient (Wildman–Crippen LogP) is 2.70. The molecule has 114 valence electrons. The van der Waals surface area contributed by atoms with Crippen LogP contribution in [0.15, 0.2) is 10.5 Å². The minimum Gasteiger partial charge on any atom is -0.463 e. The largest absolute Gasteiger partial charge is 0.463 e. The summed E-state index contributed by atoms with van der Waals surface area (Å²) in [7, 11) is 2.16. The van der Waals surface area contributed by atoms with Crippen LogP contribution in [0.5, 0.6) is 0 Å². The smallest absolute Gasteiger partial charge is 0.120 e. The highest BCUT2D eigenvalue weighted by Crippen LogP contribution is 2.22. The molecule has 20 heavy (non-hydrogen) atoms. The average Bonchev–Trinajstić information content (AvgIpc) is 2.97. The molecule has 0 radical (unpaired) electrons. The molecule has 1 aromatic rings. The number of rotatable bonds is 7. The lowest BCUT2D eigenvalue weighted by molar-refractivity contribution is 0.0790. The van der Waals surface area contributed by atoms with E-state index < -0.39 is 0 Å². The van der Waals surface area contributed by atoms with Gasteiger partial charge in [-0.05, 0) is 51.9 Å². The Morgan fingerprint density at radius 1 is 1.45 bits per heavy atom. The van der Waals surface area contributed by atoms with Crippen molar-refractivity contribution in [1.29, 1.82) is 0 Å². The molecule has 4 nitrogen and oxygen atoms in total. The number of hydrogen-bond acceptors (Lipinski definition) is 4. The SMILES string of the molecule is CCCNCc1oc(CN(C)C2CCOC2C)cc1C. The van der Waals surface area contributed by atoms with E-state index in [0.29, 0.717) is 12.1 Å². The van der Waals surface area contributed by atoms with Gasteiger partial charge in [0.25, 0.3) is 0 Å². The summed E-state index contributed by atoms with van der Waals surface area (Å²) in [6.45, 7) is 10.0. The molecule has 0 amide bonds. The Morgan fingerprint density at radius 3 is 2.90 bits per heavy atom. The molecule has 1 saturated heterocycles. The molecule has 0 spiro atoms. The molecule has 1 fully saturated rings. The van der Waals surface area contributed by atoms with Crippen molar-refractivity contribution in [2.75, 3.05) is 20.2 Å². The van der Waals surface area contributed by atoms with E-state index in [1.54, 1.807) is 0 Å². The van der Waals surface area contributed by atoms with E-state index >= 15 is 0 Å². The van der Waals surface area contributed by atoms with Crippen LogP contribution in [0.3, 0.4) is 0 Å². The summed E-state index contributed by atoms with van der Waals surface area (Å²) in [5, 5.41) is 3.39. The van der Waals surface area contributed by atoms with Crippen LogP contribution in [0.25, 0.3) is 0 Å². The third-order valence-corrected chi connectivity index (χ3v) is 4.09. The standard InChI is InChI=1S/C16H28N2O2/c1-5-7-17-10-16-12(2)9-14(20-16)11-18(4)15-6-8-19-13(15)3/h9,13,15,17H,5-8,10-11H2,1-4H3. The van der Waals surface area contributed by atoms with Gasteiger partial charge in [-0.15, -0.1) is 0 Å². The number of hydrogen-bond donors (Lipinski definition) is 1. The Kier molecular flexibility index (Phi) is 5.64. The molecule has 1 aliphatic rings. The van der Waals surface area contributed by atoms with Gasteiger partial charge in [0.15, 0.2) is 0 Å². The Bertz CT molecular complexity index is 417. The van der Waals surface area contributed by atoms with Crippen LogP contribution in [0.1, 0.15) is 43.8 Å². The molecule has 2 unspecified atom stereocenters. The van der Waals surface area contributed by atoms with Crippen molar-refractivity contribution < 1.29 is 9.15 Å². The van der Waals surface area contributed by atoms with Gasteiger partial charge in [0, 0.05) is 12.6 Å². The highest BCUT2D eigenvalue weighted by molar-refractivity contribution is 5.20. The first-order chi connectivity index (χ1) is 9.61. The average molecular weight is 280 g/mol. The summed E-state index contributed by atoms with van der Waals surface area (Å²) in [4.78, 5) is 2.35. The zero-order valence-electron chi connectivity index (χ0n) is 13.2. The van der Waals surface area contributed by atoms with Gasteiger partial charge in [0.1, 0.15) is 11.5 Å². The van der Waals surface area contributed by atoms with Crippen LogP contribution in [-0.2, 0) is 17.8 Å². The predicted molar refractivity (Wildman–Crippen MR) is 80.7 cm³/mol. The third-order valence-electron chi connectivity index (χ3n) is 4.09. The first-order valence-corrected chi connectivity index (χ1v) is 7.72. The molecule has 2 rings (SSSR count). The fourth-order valence-electron chi connectivity index (χ4n) is 2.88. The summed E-state index contributed by atoms with van der Waals surface area (Å²) >= 11 is 0. The van der Waals surface area contributed by atoms with Crippen molar-refractivity contribution >= 4 is 0 Å². The molecular formula is C16H28N2O2. The van der Waals surface area contributed by atoms with Crippen molar-refractivity contribution in [3.8, 4) is 0 Å². The van der Waals surface area contributed by atoms with E-state index in [1.165, 1.54) is 5.56 Å². The quantitative estimate of drug-likeness (QED) is 0.779. The summed E-state index contributed by atoms with van der Waals surface area (Å²) in [6, 6.07) is 2.67. The van der Waals surface area contributed by atoms with Crippen LogP contribution in [0, 0.1) is 6.92 Å². The third kappa shape index (κ3) is 3.84. The van der Waals surface area contributed by atoms with E-state index in [1.807, 2.05) is 0 Å². The molecule has 1 N–H and O–H groups in total. The summed E-state index contributed by atoms with van der Waals surface area (Å²) < 4.78 is 11.6. The molecule has 1 aromatic heterocycles. The fraction of sp³-hybridized carbons (Fsp3) is 0.750. The van der Waals surface area contributed by atoms with Gasteiger partial charge in [-0.2, -0.15) is 0 Å². The first-order valence-electron chi connectivity index (χ1n) is 7.72. The first kappa shape index (κ1) is 15.5. The van der Waals surface area contributed by atoms with E-state index in [0.717, 1.165) is 50.6 Å². The van der Waals surface area contributed by atoms with Crippen molar-refractivity contribution in [3.05, 3.63) is 23.2 Å². The lowest BCUT2D eigenvalue weighted by Gasteiger charge is -2.25. The second-order valence-electron chi connectivity index (χ2n) is 5.84. The van der Waals surface area contributed by atoms with Crippen LogP contribution in [0.4, 0.5) is 0 Å². The van der Waals surface area contributed by atoms with E-state index in [4.69, 9.17) is 9.15 Å². The number of nitrogens with one attached hydrogen (secondary N) is 1. The van der Waals surface area contributed by atoms with Gasteiger partial charge in [-0.3, -0.25) is 4.90 Å². The van der Waals surface area contributed by atoms with Crippen molar-refractivity contribution in [2.24, 2.45) is 0 Å². The maximum absolute atomic E-state index is 5.98. The van der Waals surface area contributed by atoms with Gasteiger partial charge >= 0.3 is 0 Å². The van der Waals surface area contributed by atoms with Crippen LogP contribution >= 0.6 is 0 Å². The Morgan fingerprint density at radius 2 is 2.25 bits per heavy atom. The Hall–Kier alpha value is -0.840. The second-order valence-corrected chi connectivity index (χ2v) is 5.84. The monoisotopic (exact) mass is 280 g/mol. The van der Waals surface area contributed by atoms with Crippen molar-refractivity contribution in [3.63, 3.8) is 0 Å². The highest BCUT2D eigenvalue weighted by atomic mass is 16.5. The molecule has 2 heterocycles. The molecule has 2 atom stereocenters. The molecule has 0 saturated carbocycles. The topological polar surface area (TPSA) is 37.6 Å². The summed E-state index contributed by atoms with van der Waals surface area (Å²) in [6.07, 6.45) is 2.58. The zero-order valence-corrected chi connectivity index (χ0v) is 13.2. The lowest BCUT2D eigenvalue weighted by atomic mass is 10.1. The van der Waals surface area contributed by atoms with E-state index in [-0.39, 0.29) is 0 Å². The van der Waals surface area contributed by atoms with Crippen LogP contribution in [-0.4, -0.2) is 37.2 Å². The Labute approximate surface area is 122 Å². The highest BCUT2D eigenvalue weighted by Gasteiger charge is 2.28. The van der Waals surface area contributed by atoms with Crippen molar-refractivity contribution in [1.82, 2.24) is 10.2 Å². The molecule has 1 aliphatic heterocycles. The zero-order chi connectivity index (χ0) is 14.5. The fourth-order valence-corrected chi connectivity index (χ4v) is 2.88. The Balaban J connectivity index is 1.90. The minimum atomic E-state index is 0.321. The molecular weight excluding hydrogens is 252 g/mol. The molecule has 0 aromatic carbocycles. The summed E-state index contributed by atoms with van der Waals surface area (Å²) in [5.74, 6) is 2.12. The number of ether oxygens (including phenoxy) is 1. The van der Waals surface area contributed by atoms with Gasteiger partial charge < -0.3 is 14.5 Å².